The van der Waals surface area contributed by atoms with Gasteiger partial charge in [-0.1, -0.05) is 12.1 Å². The normalized spacial score (nSPS) is 12.7. The van der Waals surface area contributed by atoms with Crippen molar-refractivity contribution in [1.29, 1.82) is 0 Å². The lowest BCUT2D eigenvalue weighted by Gasteiger charge is -2.24. The van der Waals surface area contributed by atoms with Crippen molar-refractivity contribution in [2.24, 2.45) is 7.05 Å². The number of hydrogen-bond acceptors (Lipinski definition) is 5. The molecule has 7 nitrogen and oxygen atoms in total. The van der Waals surface area contributed by atoms with Gasteiger partial charge >= 0.3 is 0 Å². The molecule has 1 atom stereocenters. The number of methoxy groups -OCH3 is 1. The van der Waals surface area contributed by atoms with Crippen LogP contribution < -0.4 is 10.3 Å². The SMILES string of the molecule is COc1ccc(C[C@@H](C)N(C)Cc2nc3c(cnn3C)c(=O)[nH]2)cc1. The Morgan fingerprint density at radius 1 is 1.32 bits per heavy atom. The van der Waals surface area contributed by atoms with Crippen LogP contribution in [0, 0.1) is 0 Å². The maximum atomic E-state index is 12.1. The van der Waals surface area contributed by atoms with Crippen LogP contribution in [0.25, 0.3) is 11.0 Å². The number of fused-ring (bicyclic) bond motifs is 1. The molecule has 1 aromatic carbocycles. The lowest BCUT2D eigenvalue weighted by Crippen LogP contribution is -2.32. The summed E-state index contributed by atoms with van der Waals surface area (Å²) in [5, 5.41) is 4.61. The molecular formula is C18H23N5O2. The van der Waals surface area contributed by atoms with Gasteiger partial charge in [-0.05, 0) is 38.1 Å². The molecule has 0 amide bonds. The monoisotopic (exact) mass is 341 g/mol. The number of H-pyrrole nitrogens is 1. The number of likely N-dealkylation sites (N-methyl/N-ethyl adjacent to an activating group) is 1. The highest BCUT2D eigenvalue weighted by atomic mass is 16.5. The minimum absolute atomic E-state index is 0.149. The number of hydrogen-bond donors (Lipinski definition) is 1. The van der Waals surface area contributed by atoms with E-state index in [0.717, 1.165) is 12.2 Å². The fraction of sp³-hybridized carbons (Fsp3) is 0.389. The summed E-state index contributed by atoms with van der Waals surface area (Å²) in [6.45, 7) is 2.72. The van der Waals surface area contributed by atoms with Gasteiger partial charge in [-0.15, -0.1) is 0 Å². The smallest absolute Gasteiger partial charge is 0.262 e. The number of rotatable bonds is 6. The molecule has 0 saturated heterocycles. The summed E-state index contributed by atoms with van der Waals surface area (Å²) in [5.41, 5.74) is 1.70. The van der Waals surface area contributed by atoms with Crippen LogP contribution in [0.1, 0.15) is 18.3 Å². The Labute approximate surface area is 146 Å². The number of aryl methyl sites for hydroxylation is 1. The molecule has 25 heavy (non-hydrogen) atoms. The predicted molar refractivity (Wildman–Crippen MR) is 96.8 cm³/mol. The van der Waals surface area contributed by atoms with Crippen molar-refractivity contribution in [1.82, 2.24) is 24.6 Å². The van der Waals surface area contributed by atoms with Crippen molar-refractivity contribution in [3.63, 3.8) is 0 Å². The summed E-state index contributed by atoms with van der Waals surface area (Å²) in [6, 6.07) is 8.38. The van der Waals surface area contributed by atoms with E-state index in [4.69, 9.17) is 4.74 Å². The van der Waals surface area contributed by atoms with Crippen LogP contribution in [0.4, 0.5) is 0 Å². The van der Waals surface area contributed by atoms with Crippen molar-refractivity contribution >= 4 is 11.0 Å². The third-order valence-electron chi connectivity index (χ3n) is 4.49. The second kappa shape index (κ2) is 7.06. The van der Waals surface area contributed by atoms with E-state index in [1.165, 1.54) is 5.56 Å². The molecule has 3 aromatic rings. The molecule has 0 radical (unpaired) electrons. The van der Waals surface area contributed by atoms with Crippen LogP contribution in [0.15, 0.2) is 35.3 Å². The number of nitrogens with one attached hydrogen (secondary N) is 1. The Bertz CT molecular complexity index is 913. The standard InChI is InChI=1S/C18H23N5O2/c1-12(9-13-5-7-14(25-4)8-6-13)22(2)11-16-20-17-15(18(24)21-16)10-19-23(17)3/h5-8,10,12H,9,11H2,1-4H3,(H,20,21,24)/t12-/m1/s1. The van der Waals surface area contributed by atoms with Crippen molar-refractivity contribution in [3.8, 4) is 5.75 Å². The molecule has 2 heterocycles. The molecule has 3 rings (SSSR count). The number of aromatic amines is 1. The van der Waals surface area contributed by atoms with Crippen molar-refractivity contribution < 1.29 is 4.74 Å². The maximum absolute atomic E-state index is 12.1. The number of benzene rings is 1. The number of ether oxygens (including phenoxy) is 1. The number of nitrogens with zero attached hydrogens (tertiary/aromatic N) is 4. The Hall–Kier alpha value is -2.67. The van der Waals surface area contributed by atoms with E-state index in [-0.39, 0.29) is 5.56 Å². The fourth-order valence-corrected chi connectivity index (χ4v) is 2.80. The van der Waals surface area contributed by atoms with Crippen molar-refractivity contribution in [2.45, 2.75) is 25.9 Å². The Kier molecular flexibility index (Phi) is 4.85. The first-order chi connectivity index (χ1) is 12.0. The fourth-order valence-electron chi connectivity index (χ4n) is 2.80. The minimum atomic E-state index is -0.149. The van der Waals surface area contributed by atoms with E-state index in [0.29, 0.717) is 29.4 Å². The molecule has 0 spiro atoms. The van der Waals surface area contributed by atoms with E-state index in [9.17, 15) is 4.79 Å². The van der Waals surface area contributed by atoms with Crippen LogP contribution >= 0.6 is 0 Å². The summed E-state index contributed by atoms with van der Waals surface area (Å²) in [7, 11) is 5.48. The summed E-state index contributed by atoms with van der Waals surface area (Å²) in [5.74, 6) is 1.50. The second-order valence-corrected chi connectivity index (χ2v) is 6.33. The first-order valence-corrected chi connectivity index (χ1v) is 8.22. The second-order valence-electron chi connectivity index (χ2n) is 6.33. The third-order valence-corrected chi connectivity index (χ3v) is 4.49. The van der Waals surface area contributed by atoms with Gasteiger partial charge in [0.1, 0.15) is 17.0 Å². The highest BCUT2D eigenvalue weighted by molar-refractivity contribution is 5.72. The topological polar surface area (TPSA) is 76.0 Å². The zero-order valence-corrected chi connectivity index (χ0v) is 15.0. The third kappa shape index (κ3) is 3.71. The first-order valence-electron chi connectivity index (χ1n) is 8.22. The molecule has 0 aliphatic carbocycles. The minimum Gasteiger partial charge on any atom is -0.497 e. The van der Waals surface area contributed by atoms with E-state index in [2.05, 4.69) is 39.0 Å². The molecule has 1 N–H and O–H groups in total. The van der Waals surface area contributed by atoms with Gasteiger partial charge in [-0.2, -0.15) is 5.10 Å². The molecule has 0 aliphatic heterocycles. The van der Waals surface area contributed by atoms with Gasteiger partial charge in [0.15, 0.2) is 5.65 Å². The maximum Gasteiger partial charge on any atom is 0.262 e. The summed E-state index contributed by atoms with van der Waals surface area (Å²) >= 11 is 0. The Morgan fingerprint density at radius 3 is 2.72 bits per heavy atom. The van der Waals surface area contributed by atoms with Gasteiger partial charge in [0.25, 0.3) is 5.56 Å². The van der Waals surface area contributed by atoms with Crippen LogP contribution in [0.5, 0.6) is 5.75 Å². The van der Waals surface area contributed by atoms with Gasteiger partial charge in [0.2, 0.25) is 0 Å². The largest absolute Gasteiger partial charge is 0.497 e. The van der Waals surface area contributed by atoms with E-state index < -0.39 is 0 Å². The molecule has 2 aromatic heterocycles. The first kappa shape index (κ1) is 17.2. The lowest BCUT2D eigenvalue weighted by atomic mass is 10.1. The van der Waals surface area contributed by atoms with Gasteiger partial charge < -0.3 is 9.72 Å². The number of aromatic nitrogens is 4. The molecular weight excluding hydrogens is 318 g/mol. The zero-order valence-electron chi connectivity index (χ0n) is 15.0. The van der Waals surface area contributed by atoms with E-state index in [1.54, 1.807) is 25.0 Å². The molecule has 0 aliphatic rings. The van der Waals surface area contributed by atoms with Gasteiger partial charge in [0, 0.05) is 13.1 Å². The Balaban J connectivity index is 1.71. The lowest BCUT2D eigenvalue weighted by molar-refractivity contribution is 0.242. The summed E-state index contributed by atoms with van der Waals surface area (Å²) in [4.78, 5) is 21.7. The summed E-state index contributed by atoms with van der Waals surface area (Å²) in [6.07, 6.45) is 2.44. The molecule has 0 unspecified atom stereocenters. The van der Waals surface area contributed by atoms with Crippen molar-refractivity contribution in [2.75, 3.05) is 14.2 Å². The predicted octanol–water partition coefficient (Wildman–Crippen LogP) is 1.73. The van der Waals surface area contributed by atoms with E-state index in [1.807, 2.05) is 19.2 Å². The van der Waals surface area contributed by atoms with Crippen LogP contribution in [0.2, 0.25) is 0 Å². The molecule has 132 valence electrons. The van der Waals surface area contributed by atoms with Crippen LogP contribution in [-0.4, -0.2) is 44.8 Å². The quantitative estimate of drug-likeness (QED) is 0.739. The summed E-state index contributed by atoms with van der Waals surface area (Å²) < 4.78 is 6.81. The average molecular weight is 341 g/mol. The Morgan fingerprint density at radius 2 is 2.04 bits per heavy atom. The van der Waals surface area contributed by atoms with Gasteiger partial charge in [-0.3, -0.25) is 14.4 Å². The van der Waals surface area contributed by atoms with Gasteiger partial charge in [-0.25, -0.2) is 4.98 Å². The average Bonchev–Trinajstić information content (AvgIpc) is 2.97. The van der Waals surface area contributed by atoms with E-state index >= 15 is 0 Å². The molecule has 7 heteroatoms. The van der Waals surface area contributed by atoms with Crippen molar-refractivity contribution in [3.05, 3.63) is 52.2 Å². The highest BCUT2D eigenvalue weighted by Crippen LogP contribution is 2.15. The molecule has 0 fully saturated rings. The van der Waals surface area contributed by atoms with Gasteiger partial charge in [0.05, 0.1) is 19.9 Å². The zero-order chi connectivity index (χ0) is 18.0. The van der Waals surface area contributed by atoms with Crippen LogP contribution in [-0.2, 0) is 20.0 Å². The molecule has 0 saturated carbocycles. The molecule has 0 bridgehead atoms. The highest BCUT2D eigenvalue weighted by Gasteiger charge is 2.14. The van der Waals surface area contributed by atoms with Crippen LogP contribution in [0.3, 0.4) is 0 Å².